The monoisotopic (exact) mass is 253 g/mol. The van der Waals surface area contributed by atoms with Crippen molar-refractivity contribution < 1.29 is 19.1 Å². The minimum Gasteiger partial charge on any atom is -0.497 e. The van der Waals surface area contributed by atoms with Crippen LogP contribution < -0.4 is 4.74 Å². The average molecular weight is 253 g/mol. The summed E-state index contributed by atoms with van der Waals surface area (Å²) in [6, 6.07) is 5.37. The number of oxazole rings is 1. The van der Waals surface area contributed by atoms with Gasteiger partial charge >= 0.3 is 5.97 Å². The number of carboxylic acids is 1. The fourth-order valence-corrected chi connectivity index (χ4v) is 1.94. The number of carboxylic acid groups (broad SMARTS) is 1. The first kappa shape index (κ1) is 11.8. The van der Waals surface area contributed by atoms with E-state index >= 15 is 0 Å². The molecule has 0 atom stereocenters. The van der Waals surface area contributed by atoms with E-state index in [2.05, 4.69) is 4.98 Å². The number of benzene rings is 1. The van der Waals surface area contributed by atoms with Crippen LogP contribution in [0, 0.1) is 0 Å². The SMILES string of the molecule is COc1ccc2nc(CSCC(=O)O)oc2c1. The molecule has 0 aliphatic heterocycles. The van der Waals surface area contributed by atoms with Crippen LogP contribution in [0.15, 0.2) is 22.6 Å². The van der Waals surface area contributed by atoms with Crippen LogP contribution in [0.25, 0.3) is 11.1 Å². The topological polar surface area (TPSA) is 72.6 Å². The third kappa shape index (κ3) is 2.91. The van der Waals surface area contributed by atoms with Crippen LogP contribution >= 0.6 is 11.8 Å². The molecule has 6 heteroatoms. The molecule has 90 valence electrons. The molecule has 0 radical (unpaired) electrons. The van der Waals surface area contributed by atoms with E-state index < -0.39 is 5.97 Å². The van der Waals surface area contributed by atoms with Crippen molar-refractivity contribution in [3.05, 3.63) is 24.1 Å². The Bertz CT molecular complexity index is 537. The maximum Gasteiger partial charge on any atom is 0.313 e. The Balaban J connectivity index is 2.11. The van der Waals surface area contributed by atoms with E-state index in [9.17, 15) is 4.79 Å². The molecule has 0 fully saturated rings. The predicted molar refractivity (Wildman–Crippen MR) is 64.4 cm³/mol. The minimum absolute atomic E-state index is 0.0437. The summed E-state index contributed by atoms with van der Waals surface area (Å²) in [4.78, 5) is 14.6. The number of aliphatic carboxylic acids is 1. The van der Waals surface area contributed by atoms with Crippen molar-refractivity contribution in [1.82, 2.24) is 4.98 Å². The first-order valence-corrected chi connectivity index (χ1v) is 6.07. The maximum absolute atomic E-state index is 10.4. The predicted octanol–water partition coefficient (Wildman–Crippen LogP) is 2.15. The Morgan fingerprint density at radius 2 is 2.41 bits per heavy atom. The number of aromatic nitrogens is 1. The molecule has 17 heavy (non-hydrogen) atoms. The van der Waals surface area contributed by atoms with Crippen molar-refractivity contribution in [2.75, 3.05) is 12.9 Å². The van der Waals surface area contributed by atoms with Gasteiger partial charge < -0.3 is 14.3 Å². The summed E-state index contributed by atoms with van der Waals surface area (Å²) in [6.45, 7) is 0. The molecule has 0 unspecified atom stereocenters. The third-order valence-electron chi connectivity index (χ3n) is 2.09. The number of methoxy groups -OCH3 is 1. The molecule has 1 heterocycles. The molecule has 0 amide bonds. The van der Waals surface area contributed by atoms with Crippen LogP contribution in [-0.4, -0.2) is 28.9 Å². The summed E-state index contributed by atoms with van der Waals surface area (Å²) in [6.07, 6.45) is 0. The van der Waals surface area contributed by atoms with Gasteiger partial charge in [-0.1, -0.05) is 0 Å². The van der Waals surface area contributed by atoms with Gasteiger partial charge in [-0.2, -0.15) is 0 Å². The summed E-state index contributed by atoms with van der Waals surface area (Å²) < 4.78 is 10.6. The van der Waals surface area contributed by atoms with Crippen LogP contribution in [0.1, 0.15) is 5.89 Å². The van der Waals surface area contributed by atoms with Gasteiger partial charge in [0.1, 0.15) is 11.3 Å². The molecule has 0 saturated carbocycles. The van der Waals surface area contributed by atoms with Crippen molar-refractivity contribution in [3.63, 3.8) is 0 Å². The normalized spacial score (nSPS) is 10.6. The number of hydrogen-bond donors (Lipinski definition) is 1. The lowest BCUT2D eigenvalue weighted by Gasteiger charge is -1.95. The van der Waals surface area contributed by atoms with Gasteiger partial charge in [0.15, 0.2) is 5.58 Å². The van der Waals surface area contributed by atoms with Gasteiger partial charge in [0, 0.05) is 6.07 Å². The molecule has 0 bridgehead atoms. The highest BCUT2D eigenvalue weighted by Gasteiger charge is 2.07. The number of rotatable bonds is 5. The number of ether oxygens (including phenoxy) is 1. The van der Waals surface area contributed by atoms with Crippen molar-refractivity contribution in [2.45, 2.75) is 5.75 Å². The highest BCUT2D eigenvalue weighted by atomic mass is 32.2. The van der Waals surface area contributed by atoms with E-state index in [1.165, 1.54) is 11.8 Å². The first-order chi connectivity index (χ1) is 8.19. The van der Waals surface area contributed by atoms with Gasteiger partial charge in [-0.15, -0.1) is 11.8 Å². The molecule has 5 nitrogen and oxygen atoms in total. The van der Waals surface area contributed by atoms with Gasteiger partial charge in [-0.25, -0.2) is 4.98 Å². The molecule has 0 aliphatic rings. The van der Waals surface area contributed by atoms with E-state index in [-0.39, 0.29) is 5.75 Å². The highest BCUT2D eigenvalue weighted by molar-refractivity contribution is 7.99. The average Bonchev–Trinajstić information content (AvgIpc) is 2.69. The van der Waals surface area contributed by atoms with E-state index in [4.69, 9.17) is 14.3 Å². The molecule has 0 saturated heterocycles. The summed E-state index contributed by atoms with van der Waals surface area (Å²) in [7, 11) is 1.58. The van der Waals surface area contributed by atoms with Crippen LogP contribution in [0.4, 0.5) is 0 Å². The van der Waals surface area contributed by atoms with E-state index in [0.717, 1.165) is 5.52 Å². The number of hydrogen-bond acceptors (Lipinski definition) is 5. The second kappa shape index (κ2) is 5.09. The number of fused-ring (bicyclic) bond motifs is 1. The van der Waals surface area contributed by atoms with Crippen LogP contribution in [0.5, 0.6) is 5.75 Å². The molecule has 1 aromatic carbocycles. The molecule has 1 N–H and O–H groups in total. The van der Waals surface area contributed by atoms with Gasteiger partial charge in [-0.3, -0.25) is 4.79 Å². The third-order valence-corrected chi connectivity index (χ3v) is 2.99. The zero-order chi connectivity index (χ0) is 12.3. The Morgan fingerprint density at radius 1 is 1.59 bits per heavy atom. The number of thioether (sulfide) groups is 1. The smallest absolute Gasteiger partial charge is 0.313 e. The fraction of sp³-hybridized carbons (Fsp3) is 0.273. The quantitative estimate of drug-likeness (QED) is 0.880. The van der Waals surface area contributed by atoms with E-state index in [0.29, 0.717) is 23.0 Å². The summed E-state index contributed by atoms with van der Waals surface area (Å²) in [5.41, 5.74) is 1.40. The number of carbonyl (C=O) groups is 1. The van der Waals surface area contributed by atoms with Crippen molar-refractivity contribution >= 4 is 28.8 Å². The molecule has 0 spiro atoms. The van der Waals surface area contributed by atoms with Crippen molar-refractivity contribution in [1.29, 1.82) is 0 Å². The molecule has 1 aromatic heterocycles. The Hall–Kier alpha value is -1.69. The lowest BCUT2D eigenvalue weighted by Crippen LogP contribution is -1.98. The van der Waals surface area contributed by atoms with Crippen LogP contribution in [0.3, 0.4) is 0 Å². The minimum atomic E-state index is -0.840. The summed E-state index contributed by atoms with van der Waals surface area (Å²) in [5, 5.41) is 8.51. The van der Waals surface area contributed by atoms with Crippen molar-refractivity contribution in [3.8, 4) is 5.75 Å². The van der Waals surface area contributed by atoms with Gasteiger partial charge in [0.05, 0.1) is 18.6 Å². The second-order valence-electron chi connectivity index (χ2n) is 3.33. The molecule has 0 aliphatic carbocycles. The summed E-state index contributed by atoms with van der Waals surface area (Å²) in [5.74, 6) is 0.886. The highest BCUT2D eigenvalue weighted by Crippen LogP contribution is 2.23. The van der Waals surface area contributed by atoms with Gasteiger partial charge in [0.25, 0.3) is 0 Å². The lowest BCUT2D eigenvalue weighted by molar-refractivity contribution is -0.133. The Morgan fingerprint density at radius 3 is 3.12 bits per heavy atom. The van der Waals surface area contributed by atoms with Crippen molar-refractivity contribution in [2.24, 2.45) is 0 Å². The first-order valence-electron chi connectivity index (χ1n) is 4.92. The van der Waals surface area contributed by atoms with E-state index in [1.54, 1.807) is 19.2 Å². The Labute approximate surface area is 102 Å². The van der Waals surface area contributed by atoms with E-state index in [1.807, 2.05) is 6.07 Å². The fourth-order valence-electron chi connectivity index (χ4n) is 1.37. The number of nitrogens with zero attached hydrogens (tertiary/aromatic N) is 1. The lowest BCUT2D eigenvalue weighted by atomic mass is 10.3. The van der Waals surface area contributed by atoms with Gasteiger partial charge in [-0.05, 0) is 12.1 Å². The largest absolute Gasteiger partial charge is 0.497 e. The Kier molecular flexibility index (Phi) is 3.53. The molecule has 2 aromatic rings. The van der Waals surface area contributed by atoms with Gasteiger partial charge in [0.2, 0.25) is 5.89 Å². The second-order valence-corrected chi connectivity index (χ2v) is 4.31. The summed E-state index contributed by atoms with van der Waals surface area (Å²) >= 11 is 1.25. The van der Waals surface area contributed by atoms with Crippen LogP contribution in [0.2, 0.25) is 0 Å². The zero-order valence-corrected chi connectivity index (χ0v) is 9.99. The zero-order valence-electron chi connectivity index (χ0n) is 9.17. The maximum atomic E-state index is 10.4. The molecule has 2 rings (SSSR count). The standard InChI is InChI=1S/C11H11NO4S/c1-15-7-2-3-8-9(4-7)16-10(12-8)5-17-6-11(13)14/h2-4H,5-6H2,1H3,(H,13,14). The molecular formula is C11H11NO4S. The molecular weight excluding hydrogens is 242 g/mol. The van der Waals surface area contributed by atoms with Crippen LogP contribution in [-0.2, 0) is 10.5 Å².